The maximum absolute atomic E-state index is 9.43. The molecular formula is C15H21NO2. The van der Waals surface area contributed by atoms with Gasteiger partial charge < -0.3 is 9.84 Å². The fourth-order valence-corrected chi connectivity index (χ4v) is 3.58. The van der Waals surface area contributed by atoms with E-state index >= 15 is 0 Å². The molecule has 1 unspecified atom stereocenters. The summed E-state index contributed by atoms with van der Waals surface area (Å²) in [4.78, 5) is 4.51. The van der Waals surface area contributed by atoms with Crippen molar-refractivity contribution in [3.63, 3.8) is 0 Å². The van der Waals surface area contributed by atoms with Gasteiger partial charge in [0, 0.05) is 24.4 Å². The lowest BCUT2D eigenvalue weighted by Crippen LogP contribution is -2.36. The molecule has 1 saturated carbocycles. The first-order valence-corrected chi connectivity index (χ1v) is 7.02. The van der Waals surface area contributed by atoms with Gasteiger partial charge in [-0.15, -0.1) is 0 Å². The maximum Gasteiger partial charge on any atom is 0.0699 e. The third kappa shape index (κ3) is 2.17. The maximum atomic E-state index is 9.43. The van der Waals surface area contributed by atoms with Gasteiger partial charge in [-0.3, -0.25) is 4.98 Å². The molecule has 1 saturated heterocycles. The second-order valence-corrected chi connectivity index (χ2v) is 5.63. The molecule has 0 aromatic carbocycles. The second-order valence-electron chi connectivity index (χ2n) is 5.63. The SMILES string of the molecule is OCc1cccnc1C1CCOC2(CCCC2)C1. The molecule has 3 nitrogen and oxygen atoms in total. The number of ether oxygens (including phenoxy) is 1. The highest BCUT2D eigenvalue weighted by molar-refractivity contribution is 5.23. The molecule has 1 N–H and O–H groups in total. The Balaban J connectivity index is 1.83. The van der Waals surface area contributed by atoms with Gasteiger partial charge in [0.15, 0.2) is 0 Å². The Morgan fingerprint density at radius 1 is 1.39 bits per heavy atom. The minimum atomic E-state index is 0.0908. The molecule has 0 radical (unpaired) electrons. The Hall–Kier alpha value is -0.930. The Morgan fingerprint density at radius 2 is 2.22 bits per heavy atom. The molecule has 2 aliphatic rings. The molecule has 0 bridgehead atoms. The zero-order valence-electron chi connectivity index (χ0n) is 10.8. The summed E-state index contributed by atoms with van der Waals surface area (Å²) in [6, 6.07) is 3.89. The van der Waals surface area contributed by atoms with Crippen LogP contribution in [0.15, 0.2) is 18.3 Å². The molecule has 98 valence electrons. The minimum absolute atomic E-state index is 0.0908. The summed E-state index contributed by atoms with van der Waals surface area (Å²) in [7, 11) is 0. The predicted octanol–water partition coefficient (Wildman–Crippen LogP) is 2.78. The van der Waals surface area contributed by atoms with Crippen LogP contribution in [0.5, 0.6) is 0 Å². The molecular weight excluding hydrogens is 226 g/mol. The standard InChI is InChI=1S/C15H21NO2/c17-11-13-4-3-8-16-14(13)12-5-9-18-15(10-12)6-1-2-7-15/h3-4,8,12,17H,1-2,5-7,9-11H2. The van der Waals surface area contributed by atoms with Crippen LogP contribution < -0.4 is 0 Å². The molecule has 3 rings (SSSR count). The average molecular weight is 247 g/mol. The van der Waals surface area contributed by atoms with Gasteiger partial charge in [-0.1, -0.05) is 18.9 Å². The zero-order valence-corrected chi connectivity index (χ0v) is 10.8. The van der Waals surface area contributed by atoms with Crippen LogP contribution in [0.4, 0.5) is 0 Å². The van der Waals surface area contributed by atoms with Crippen LogP contribution in [0.3, 0.4) is 0 Å². The fraction of sp³-hybridized carbons (Fsp3) is 0.667. The summed E-state index contributed by atoms with van der Waals surface area (Å²) in [5, 5.41) is 9.43. The van der Waals surface area contributed by atoms with Crippen molar-refractivity contribution in [1.82, 2.24) is 4.98 Å². The van der Waals surface area contributed by atoms with E-state index in [-0.39, 0.29) is 12.2 Å². The molecule has 1 spiro atoms. The van der Waals surface area contributed by atoms with E-state index in [0.717, 1.165) is 30.7 Å². The van der Waals surface area contributed by atoms with Crippen LogP contribution in [0.25, 0.3) is 0 Å². The molecule has 0 amide bonds. The summed E-state index contributed by atoms with van der Waals surface area (Å²) < 4.78 is 6.06. The molecule has 18 heavy (non-hydrogen) atoms. The second kappa shape index (κ2) is 4.98. The van der Waals surface area contributed by atoms with Crippen LogP contribution in [0, 0.1) is 0 Å². The van der Waals surface area contributed by atoms with Crippen LogP contribution in [0.1, 0.15) is 55.7 Å². The molecule has 1 aliphatic carbocycles. The lowest BCUT2D eigenvalue weighted by Gasteiger charge is -2.38. The molecule has 1 aromatic heterocycles. The Kier molecular flexibility index (Phi) is 3.35. The van der Waals surface area contributed by atoms with E-state index in [0.29, 0.717) is 5.92 Å². The van der Waals surface area contributed by atoms with E-state index in [2.05, 4.69) is 4.98 Å². The first-order valence-electron chi connectivity index (χ1n) is 7.02. The topological polar surface area (TPSA) is 42.4 Å². The highest BCUT2D eigenvalue weighted by atomic mass is 16.5. The smallest absolute Gasteiger partial charge is 0.0699 e. The summed E-state index contributed by atoms with van der Waals surface area (Å²) in [6.45, 7) is 0.930. The van der Waals surface area contributed by atoms with E-state index in [9.17, 15) is 5.11 Å². The van der Waals surface area contributed by atoms with E-state index in [4.69, 9.17) is 4.74 Å². The van der Waals surface area contributed by atoms with E-state index < -0.39 is 0 Å². The van der Waals surface area contributed by atoms with Gasteiger partial charge in [0.25, 0.3) is 0 Å². The highest BCUT2D eigenvalue weighted by Gasteiger charge is 2.40. The van der Waals surface area contributed by atoms with Crippen molar-refractivity contribution >= 4 is 0 Å². The molecule has 2 fully saturated rings. The largest absolute Gasteiger partial charge is 0.392 e. The first kappa shape index (κ1) is 12.1. The summed E-state index contributed by atoms with van der Waals surface area (Å²) in [5.41, 5.74) is 2.19. The number of aromatic nitrogens is 1. The van der Waals surface area contributed by atoms with Crippen LogP contribution in [-0.2, 0) is 11.3 Å². The Labute approximate surface area is 108 Å². The van der Waals surface area contributed by atoms with E-state index in [1.165, 1.54) is 25.7 Å². The van der Waals surface area contributed by atoms with Crippen molar-refractivity contribution in [1.29, 1.82) is 0 Å². The molecule has 3 heteroatoms. The molecule has 1 aromatic rings. The Morgan fingerprint density at radius 3 is 3.00 bits per heavy atom. The van der Waals surface area contributed by atoms with Gasteiger partial charge >= 0.3 is 0 Å². The van der Waals surface area contributed by atoms with Crippen molar-refractivity contribution in [2.75, 3.05) is 6.61 Å². The van der Waals surface area contributed by atoms with Gasteiger partial charge in [-0.05, 0) is 37.3 Å². The lowest BCUT2D eigenvalue weighted by molar-refractivity contribution is -0.0810. The van der Waals surface area contributed by atoms with Crippen LogP contribution >= 0.6 is 0 Å². The average Bonchev–Trinajstić information content (AvgIpc) is 2.86. The van der Waals surface area contributed by atoms with Crippen molar-refractivity contribution in [2.45, 2.75) is 56.7 Å². The van der Waals surface area contributed by atoms with Crippen molar-refractivity contribution in [2.24, 2.45) is 0 Å². The predicted molar refractivity (Wildman–Crippen MR) is 69.3 cm³/mol. The number of aliphatic hydroxyl groups is 1. The molecule has 1 aliphatic heterocycles. The number of hydrogen-bond acceptors (Lipinski definition) is 3. The quantitative estimate of drug-likeness (QED) is 0.873. The number of nitrogens with zero attached hydrogens (tertiary/aromatic N) is 1. The lowest BCUT2D eigenvalue weighted by atomic mass is 9.81. The molecule has 1 atom stereocenters. The van der Waals surface area contributed by atoms with Crippen molar-refractivity contribution in [3.05, 3.63) is 29.6 Å². The van der Waals surface area contributed by atoms with Gasteiger partial charge in [0.05, 0.1) is 12.2 Å². The van der Waals surface area contributed by atoms with Crippen LogP contribution in [0.2, 0.25) is 0 Å². The first-order chi connectivity index (χ1) is 8.83. The summed E-state index contributed by atoms with van der Waals surface area (Å²) >= 11 is 0. The van der Waals surface area contributed by atoms with Crippen molar-refractivity contribution < 1.29 is 9.84 Å². The number of rotatable bonds is 2. The zero-order chi connectivity index (χ0) is 12.4. The monoisotopic (exact) mass is 247 g/mol. The summed E-state index contributed by atoms with van der Waals surface area (Å²) in [5.74, 6) is 0.459. The van der Waals surface area contributed by atoms with Gasteiger partial charge in [-0.25, -0.2) is 0 Å². The Bertz CT molecular complexity index is 413. The number of hydrogen-bond donors (Lipinski definition) is 1. The third-order valence-corrected chi connectivity index (χ3v) is 4.49. The van der Waals surface area contributed by atoms with E-state index in [1.54, 1.807) is 0 Å². The number of pyridine rings is 1. The highest BCUT2D eigenvalue weighted by Crippen LogP contribution is 2.45. The third-order valence-electron chi connectivity index (χ3n) is 4.49. The van der Waals surface area contributed by atoms with Gasteiger partial charge in [0.1, 0.15) is 0 Å². The van der Waals surface area contributed by atoms with Gasteiger partial charge in [-0.2, -0.15) is 0 Å². The van der Waals surface area contributed by atoms with Crippen molar-refractivity contribution in [3.8, 4) is 0 Å². The number of aliphatic hydroxyl groups excluding tert-OH is 1. The fourth-order valence-electron chi connectivity index (χ4n) is 3.58. The van der Waals surface area contributed by atoms with E-state index in [1.807, 2.05) is 18.3 Å². The minimum Gasteiger partial charge on any atom is -0.392 e. The normalized spacial score (nSPS) is 26.6. The summed E-state index contributed by atoms with van der Waals surface area (Å²) in [6.07, 6.45) is 8.94. The van der Waals surface area contributed by atoms with Gasteiger partial charge in [0.2, 0.25) is 0 Å². The molecule has 2 heterocycles. The van der Waals surface area contributed by atoms with Crippen LogP contribution in [-0.4, -0.2) is 22.3 Å².